The Labute approximate surface area is 160 Å². The molecule has 2 aliphatic rings. The van der Waals surface area contributed by atoms with Gasteiger partial charge in [0.15, 0.2) is 5.78 Å². The van der Waals surface area contributed by atoms with Crippen molar-refractivity contribution in [2.75, 3.05) is 16.8 Å². The van der Waals surface area contributed by atoms with Gasteiger partial charge in [-0.3, -0.25) is 9.59 Å². The average molecular weight is 362 g/mol. The van der Waals surface area contributed by atoms with Crippen LogP contribution in [0.25, 0.3) is 0 Å². The van der Waals surface area contributed by atoms with Crippen molar-refractivity contribution in [2.45, 2.75) is 52.0 Å². The van der Waals surface area contributed by atoms with E-state index < -0.39 is 0 Å². The Kier molecular flexibility index (Phi) is 4.73. The van der Waals surface area contributed by atoms with E-state index in [1.807, 2.05) is 25.1 Å². The Hall–Kier alpha value is -2.62. The SMILES string of the molecule is CC(=O)N1CCc2cc(C(=O)[C@H](C)Nc3cccc4c3CCCC4)ccc21. The van der Waals surface area contributed by atoms with Crippen LogP contribution in [-0.4, -0.2) is 24.3 Å². The van der Waals surface area contributed by atoms with Gasteiger partial charge in [-0.15, -0.1) is 0 Å². The highest BCUT2D eigenvalue weighted by Gasteiger charge is 2.25. The van der Waals surface area contributed by atoms with Crippen LogP contribution < -0.4 is 10.2 Å². The second kappa shape index (κ2) is 7.18. The molecule has 1 N–H and O–H groups in total. The number of anilines is 2. The summed E-state index contributed by atoms with van der Waals surface area (Å²) in [6, 6.07) is 11.8. The molecule has 0 unspecified atom stereocenters. The highest BCUT2D eigenvalue weighted by molar-refractivity contribution is 6.03. The molecule has 4 rings (SSSR count). The molecular formula is C23H26N2O2. The Morgan fingerprint density at radius 2 is 1.85 bits per heavy atom. The lowest BCUT2D eigenvalue weighted by Gasteiger charge is -2.22. The van der Waals surface area contributed by atoms with Gasteiger partial charge in [-0.05, 0) is 80.0 Å². The molecule has 27 heavy (non-hydrogen) atoms. The lowest BCUT2D eigenvalue weighted by atomic mass is 9.90. The predicted molar refractivity (Wildman–Crippen MR) is 109 cm³/mol. The van der Waals surface area contributed by atoms with Gasteiger partial charge in [-0.2, -0.15) is 0 Å². The number of amides is 1. The number of hydrogen-bond acceptors (Lipinski definition) is 3. The number of nitrogens with zero attached hydrogens (tertiary/aromatic N) is 1. The maximum atomic E-state index is 13.0. The summed E-state index contributed by atoms with van der Waals surface area (Å²) < 4.78 is 0. The third-order valence-electron chi connectivity index (χ3n) is 5.80. The fourth-order valence-corrected chi connectivity index (χ4v) is 4.35. The molecule has 2 aromatic rings. The van der Waals surface area contributed by atoms with Gasteiger partial charge in [0, 0.05) is 30.4 Å². The van der Waals surface area contributed by atoms with Gasteiger partial charge in [-0.1, -0.05) is 12.1 Å². The van der Waals surface area contributed by atoms with Crippen LogP contribution in [-0.2, 0) is 24.1 Å². The quantitative estimate of drug-likeness (QED) is 0.831. The van der Waals surface area contributed by atoms with Crippen molar-refractivity contribution in [3.63, 3.8) is 0 Å². The third kappa shape index (κ3) is 3.36. The normalized spacial score (nSPS) is 16.4. The van der Waals surface area contributed by atoms with Crippen molar-refractivity contribution < 1.29 is 9.59 Å². The Morgan fingerprint density at radius 1 is 1.04 bits per heavy atom. The molecule has 0 aromatic heterocycles. The van der Waals surface area contributed by atoms with Crippen LogP contribution in [0, 0.1) is 0 Å². The first-order valence-corrected chi connectivity index (χ1v) is 9.87. The molecule has 2 aromatic carbocycles. The molecule has 0 saturated carbocycles. The van der Waals surface area contributed by atoms with Gasteiger partial charge in [0.1, 0.15) is 0 Å². The first-order chi connectivity index (χ1) is 13.0. The summed E-state index contributed by atoms with van der Waals surface area (Å²) in [5, 5.41) is 3.45. The molecule has 1 amide bonds. The highest BCUT2D eigenvalue weighted by atomic mass is 16.2. The summed E-state index contributed by atoms with van der Waals surface area (Å²) in [7, 11) is 0. The summed E-state index contributed by atoms with van der Waals surface area (Å²) in [6.07, 6.45) is 5.48. The van der Waals surface area contributed by atoms with Gasteiger partial charge in [0.2, 0.25) is 5.91 Å². The second-order valence-corrected chi connectivity index (χ2v) is 7.64. The lowest BCUT2D eigenvalue weighted by Crippen LogP contribution is -2.27. The van der Waals surface area contributed by atoms with Crippen LogP contribution in [0.1, 0.15) is 53.7 Å². The van der Waals surface area contributed by atoms with E-state index in [-0.39, 0.29) is 17.7 Å². The highest BCUT2D eigenvalue weighted by Crippen LogP contribution is 2.31. The fraction of sp³-hybridized carbons (Fsp3) is 0.391. The number of Topliss-reactive ketones (excluding diaryl/α,β-unsaturated/α-hetero) is 1. The average Bonchev–Trinajstić information content (AvgIpc) is 3.11. The number of carbonyl (C=O) groups excluding carboxylic acids is 2. The van der Waals surface area contributed by atoms with Crippen LogP contribution in [0.4, 0.5) is 11.4 Å². The molecule has 1 aliphatic heterocycles. The smallest absolute Gasteiger partial charge is 0.223 e. The van der Waals surface area contributed by atoms with Crippen molar-refractivity contribution in [2.24, 2.45) is 0 Å². The zero-order chi connectivity index (χ0) is 19.0. The first-order valence-electron chi connectivity index (χ1n) is 9.87. The minimum absolute atomic E-state index is 0.0525. The summed E-state index contributed by atoms with van der Waals surface area (Å²) in [4.78, 5) is 26.5. The molecule has 0 radical (unpaired) electrons. The number of hydrogen-bond donors (Lipinski definition) is 1. The zero-order valence-corrected chi connectivity index (χ0v) is 16.0. The molecule has 4 heteroatoms. The molecule has 0 spiro atoms. The van der Waals surface area contributed by atoms with E-state index >= 15 is 0 Å². The van der Waals surface area contributed by atoms with E-state index in [1.54, 1.807) is 11.8 Å². The molecule has 140 valence electrons. The number of nitrogens with one attached hydrogen (secondary N) is 1. The summed E-state index contributed by atoms with van der Waals surface area (Å²) in [5.74, 6) is 0.143. The minimum Gasteiger partial charge on any atom is -0.375 e. The number of benzene rings is 2. The summed E-state index contributed by atoms with van der Waals surface area (Å²) in [6.45, 7) is 4.21. The Morgan fingerprint density at radius 3 is 2.67 bits per heavy atom. The lowest BCUT2D eigenvalue weighted by molar-refractivity contribution is -0.116. The van der Waals surface area contributed by atoms with Crippen molar-refractivity contribution >= 4 is 23.1 Å². The van der Waals surface area contributed by atoms with Crippen LogP contribution in [0.15, 0.2) is 36.4 Å². The van der Waals surface area contributed by atoms with E-state index in [4.69, 9.17) is 0 Å². The first kappa shape index (κ1) is 17.8. The largest absolute Gasteiger partial charge is 0.375 e. The molecule has 1 atom stereocenters. The van der Waals surface area contributed by atoms with Gasteiger partial charge >= 0.3 is 0 Å². The molecular weight excluding hydrogens is 336 g/mol. The maximum Gasteiger partial charge on any atom is 0.223 e. The molecule has 0 saturated heterocycles. The Bertz CT molecular complexity index is 903. The molecule has 1 aliphatic carbocycles. The fourth-order valence-electron chi connectivity index (χ4n) is 4.35. The molecule has 1 heterocycles. The monoisotopic (exact) mass is 362 g/mol. The summed E-state index contributed by atoms with van der Waals surface area (Å²) in [5.41, 5.74) is 6.61. The predicted octanol–water partition coefficient (Wildman–Crippen LogP) is 4.16. The van der Waals surface area contributed by atoms with Crippen LogP contribution in [0.3, 0.4) is 0 Å². The number of rotatable bonds is 4. The van der Waals surface area contributed by atoms with Gasteiger partial charge < -0.3 is 10.2 Å². The van der Waals surface area contributed by atoms with Crippen molar-refractivity contribution in [3.8, 4) is 0 Å². The van der Waals surface area contributed by atoms with Gasteiger partial charge in [0.25, 0.3) is 0 Å². The number of aryl methyl sites for hydroxylation is 1. The zero-order valence-electron chi connectivity index (χ0n) is 16.0. The van der Waals surface area contributed by atoms with E-state index in [1.165, 1.54) is 24.0 Å². The number of fused-ring (bicyclic) bond motifs is 2. The van der Waals surface area contributed by atoms with Crippen molar-refractivity contribution in [1.29, 1.82) is 0 Å². The van der Waals surface area contributed by atoms with E-state index in [0.717, 1.165) is 36.2 Å². The van der Waals surface area contributed by atoms with Crippen molar-refractivity contribution in [1.82, 2.24) is 0 Å². The van der Waals surface area contributed by atoms with Gasteiger partial charge in [0.05, 0.1) is 6.04 Å². The number of carbonyl (C=O) groups is 2. The maximum absolute atomic E-state index is 13.0. The van der Waals surface area contributed by atoms with E-state index in [0.29, 0.717) is 12.1 Å². The van der Waals surface area contributed by atoms with Crippen LogP contribution in [0.2, 0.25) is 0 Å². The second-order valence-electron chi connectivity index (χ2n) is 7.64. The number of ketones is 1. The Balaban J connectivity index is 1.53. The van der Waals surface area contributed by atoms with E-state index in [9.17, 15) is 9.59 Å². The van der Waals surface area contributed by atoms with Gasteiger partial charge in [-0.25, -0.2) is 0 Å². The van der Waals surface area contributed by atoms with Crippen LogP contribution in [0.5, 0.6) is 0 Å². The topological polar surface area (TPSA) is 49.4 Å². The molecule has 0 fully saturated rings. The standard InChI is InChI=1S/C23H26N2O2/c1-15(24-21-9-5-7-17-6-3-4-8-20(17)21)23(27)19-10-11-22-18(14-19)12-13-25(22)16(2)26/h5,7,9-11,14-15,24H,3-4,6,8,12-13H2,1-2H3/t15-/m0/s1. The van der Waals surface area contributed by atoms with E-state index in [2.05, 4.69) is 23.5 Å². The molecule has 4 nitrogen and oxygen atoms in total. The van der Waals surface area contributed by atoms with Crippen LogP contribution >= 0.6 is 0 Å². The minimum atomic E-state index is -0.290. The third-order valence-corrected chi connectivity index (χ3v) is 5.80. The summed E-state index contributed by atoms with van der Waals surface area (Å²) >= 11 is 0. The molecule has 0 bridgehead atoms. The van der Waals surface area contributed by atoms with Crippen molar-refractivity contribution in [3.05, 3.63) is 58.7 Å².